The van der Waals surface area contributed by atoms with Gasteiger partial charge < -0.3 is 4.90 Å². The maximum atomic E-state index is 11.7. The molecule has 0 saturated carbocycles. The van der Waals surface area contributed by atoms with Gasteiger partial charge in [0.2, 0.25) is 5.91 Å². The van der Waals surface area contributed by atoms with E-state index in [0.29, 0.717) is 23.7 Å². The summed E-state index contributed by atoms with van der Waals surface area (Å²) >= 11 is 13.1. The summed E-state index contributed by atoms with van der Waals surface area (Å²) in [5.41, 5.74) is 0.655. The smallest absolute Gasteiger partial charge is 0.228 e. The van der Waals surface area contributed by atoms with E-state index in [4.69, 9.17) is 28.5 Å². The summed E-state index contributed by atoms with van der Waals surface area (Å²) in [6.45, 7) is 0.477. The molecule has 0 N–H and O–H groups in total. The SMILES string of the molecule is N#CSc1ccc(N2CC(Cl)CC2=O)c(Cl)c1. The second-order valence-electron chi connectivity index (χ2n) is 3.61. The Bertz CT molecular complexity index is 501. The van der Waals surface area contributed by atoms with Gasteiger partial charge in [-0.2, -0.15) is 5.26 Å². The molecular weight excluding hydrogens is 279 g/mol. The third-order valence-electron chi connectivity index (χ3n) is 2.45. The second kappa shape index (κ2) is 5.18. The Labute approximate surface area is 113 Å². The molecule has 1 aliphatic rings. The number of hydrogen-bond acceptors (Lipinski definition) is 3. The van der Waals surface area contributed by atoms with E-state index >= 15 is 0 Å². The van der Waals surface area contributed by atoms with Gasteiger partial charge in [-0.15, -0.1) is 11.6 Å². The number of amides is 1. The molecule has 1 aromatic rings. The highest BCUT2D eigenvalue weighted by molar-refractivity contribution is 8.03. The molecule has 1 saturated heterocycles. The van der Waals surface area contributed by atoms with E-state index in [1.54, 1.807) is 23.1 Å². The van der Waals surface area contributed by atoms with Gasteiger partial charge in [0.15, 0.2) is 0 Å². The minimum atomic E-state index is -0.160. The second-order valence-corrected chi connectivity index (χ2v) is 5.49. The number of hydrogen-bond donors (Lipinski definition) is 0. The number of nitriles is 1. The minimum absolute atomic E-state index is 0.0208. The lowest BCUT2D eigenvalue weighted by atomic mass is 10.3. The Morgan fingerprint density at radius 1 is 1.53 bits per heavy atom. The lowest BCUT2D eigenvalue weighted by molar-refractivity contribution is -0.117. The molecule has 0 aliphatic carbocycles. The molecule has 3 nitrogen and oxygen atoms in total. The van der Waals surface area contributed by atoms with Crippen LogP contribution in [0.15, 0.2) is 23.1 Å². The first-order valence-electron chi connectivity index (χ1n) is 4.91. The monoisotopic (exact) mass is 286 g/mol. The van der Waals surface area contributed by atoms with Crippen LogP contribution >= 0.6 is 35.0 Å². The van der Waals surface area contributed by atoms with Crippen LogP contribution in [0.1, 0.15) is 6.42 Å². The van der Waals surface area contributed by atoms with Crippen LogP contribution < -0.4 is 4.90 Å². The van der Waals surface area contributed by atoms with Gasteiger partial charge in [0.25, 0.3) is 0 Å². The van der Waals surface area contributed by atoms with Crippen LogP contribution in [0.25, 0.3) is 0 Å². The maximum Gasteiger partial charge on any atom is 0.228 e. The Hall–Kier alpha value is -0.890. The quantitative estimate of drug-likeness (QED) is 0.476. The lowest BCUT2D eigenvalue weighted by Crippen LogP contribution is -2.24. The fraction of sp³-hybridized carbons (Fsp3) is 0.273. The van der Waals surface area contributed by atoms with Gasteiger partial charge in [-0.3, -0.25) is 4.79 Å². The number of thiocyanates is 1. The van der Waals surface area contributed by atoms with Gasteiger partial charge in [0.1, 0.15) is 5.40 Å². The molecule has 1 heterocycles. The molecule has 0 bridgehead atoms. The third-order valence-corrected chi connectivity index (χ3v) is 3.63. The van der Waals surface area contributed by atoms with E-state index in [9.17, 15) is 4.79 Å². The van der Waals surface area contributed by atoms with E-state index < -0.39 is 0 Å². The van der Waals surface area contributed by atoms with Gasteiger partial charge in [-0.1, -0.05) is 11.6 Å². The van der Waals surface area contributed by atoms with Crippen LogP contribution in [0.3, 0.4) is 0 Å². The van der Waals surface area contributed by atoms with E-state index in [1.807, 2.05) is 5.40 Å². The highest BCUT2D eigenvalue weighted by Gasteiger charge is 2.30. The minimum Gasteiger partial charge on any atom is -0.309 e. The molecule has 2 rings (SSSR count). The van der Waals surface area contributed by atoms with Crippen LogP contribution in [0, 0.1) is 10.7 Å². The van der Waals surface area contributed by atoms with E-state index in [1.165, 1.54) is 0 Å². The Morgan fingerprint density at radius 2 is 2.29 bits per heavy atom. The van der Waals surface area contributed by atoms with Gasteiger partial charge in [0, 0.05) is 17.9 Å². The zero-order valence-electron chi connectivity index (χ0n) is 8.69. The summed E-state index contributed by atoms with van der Waals surface area (Å²) < 4.78 is 0. The first-order chi connectivity index (χ1) is 8.11. The first-order valence-corrected chi connectivity index (χ1v) is 6.55. The molecule has 0 spiro atoms. The number of thioether (sulfide) groups is 1. The van der Waals surface area contributed by atoms with Crippen LogP contribution in [0.5, 0.6) is 0 Å². The largest absolute Gasteiger partial charge is 0.309 e. The summed E-state index contributed by atoms with van der Waals surface area (Å²) in [7, 11) is 0. The number of carbonyl (C=O) groups excluding carboxylic acids is 1. The summed E-state index contributed by atoms with van der Waals surface area (Å²) in [5, 5.41) is 10.8. The van der Waals surface area contributed by atoms with Crippen molar-refractivity contribution in [3.05, 3.63) is 23.2 Å². The molecule has 1 aliphatic heterocycles. The number of alkyl halides is 1. The number of carbonyl (C=O) groups is 1. The van der Waals surface area contributed by atoms with Crippen LogP contribution in [-0.4, -0.2) is 17.8 Å². The molecule has 1 fully saturated rings. The van der Waals surface area contributed by atoms with Crippen molar-refractivity contribution in [1.82, 2.24) is 0 Å². The van der Waals surface area contributed by atoms with Gasteiger partial charge in [-0.25, -0.2) is 0 Å². The number of anilines is 1. The maximum absolute atomic E-state index is 11.7. The van der Waals surface area contributed by atoms with Crippen LogP contribution in [0.2, 0.25) is 5.02 Å². The van der Waals surface area contributed by atoms with E-state index in [2.05, 4.69) is 0 Å². The first kappa shape index (κ1) is 12.6. The fourth-order valence-corrected chi connectivity index (χ4v) is 2.76. The highest BCUT2D eigenvalue weighted by Crippen LogP contribution is 2.33. The Kier molecular flexibility index (Phi) is 3.82. The predicted molar refractivity (Wildman–Crippen MR) is 69.5 cm³/mol. The van der Waals surface area contributed by atoms with Crippen molar-refractivity contribution in [1.29, 1.82) is 5.26 Å². The lowest BCUT2D eigenvalue weighted by Gasteiger charge is -2.17. The molecule has 1 unspecified atom stereocenters. The summed E-state index contributed by atoms with van der Waals surface area (Å²) in [6.07, 6.45) is 0.340. The van der Waals surface area contributed by atoms with E-state index in [-0.39, 0.29) is 11.3 Å². The summed E-state index contributed by atoms with van der Waals surface area (Å²) in [5.74, 6) is -0.0208. The summed E-state index contributed by atoms with van der Waals surface area (Å²) in [6, 6.07) is 5.19. The average Bonchev–Trinajstić information content (AvgIpc) is 2.58. The van der Waals surface area contributed by atoms with Crippen LogP contribution in [0.4, 0.5) is 5.69 Å². The van der Waals surface area contributed by atoms with Gasteiger partial charge in [0.05, 0.1) is 16.1 Å². The third kappa shape index (κ3) is 2.68. The number of rotatable bonds is 2. The van der Waals surface area contributed by atoms with Crippen molar-refractivity contribution < 1.29 is 4.79 Å². The fourth-order valence-electron chi connectivity index (χ4n) is 1.72. The van der Waals surface area contributed by atoms with Crippen molar-refractivity contribution in [2.75, 3.05) is 11.4 Å². The average molecular weight is 287 g/mol. The zero-order valence-corrected chi connectivity index (χ0v) is 11.0. The molecule has 1 amide bonds. The molecule has 17 heavy (non-hydrogen) atoms. The van der Waals surface area contributed by atoms with Crippen molar-refractivity contribution in [3.8, 4) is 5.40 Å². The van der Waals surface area contributed by atoms with Crippen molar-refractivity contribution in [2.45, 2.75) is 16.7 Å². The molecule has 1 aromatic carbocycles. The standard InChI is InChI=1S/C11H8Cl2N2OS/c12-7-3-11(16)15(5-7)10-2-1-8(17-6-14)4-9(10)13/h1-2,4,7H,3,5H2. The van der Waals surface area contributed by atoms with Gasteiger partial charge in [-0.05, 0) is 30.0 Å². The normalized spacial score (nSPS) is 19.5. The van der Waals surface area contributed by atoms with E-state index in [0.717, 1.165) is 16.7 Å². The van der Waals surface area contributed by atoms with Crippen molar-refractivity contribution in [3.63, 3.8) is 0 Å². The molecular formula is C11H8Cl2N2OS. The number of benzene rings is 1. The molecule has 88 valence electrons. The van der Waals surface area contributed by atoms with Gasteiger partial charge >= 0.3 is 0 Å². The summed E-state index contributed by atoms with van der Waals surface area (Å²) in [4.78, 5) is 14.0. The Morgan fingerprint density at radius 3 is 2.82 bits per heavy atom. The number of halogens is 2. The molecule has 0 radical (unpaired) electrons. The molecule has 6 heteroatoms. The topological polar surface area (TPSA) is 44.1 Å². The molecule has 1 atom stereocenters. The Balaban J connectivity index is 2.28. The predicted octanol–water partition coefficient (Wildman–Crippen LogP) is 3.26. The van der Waals surface area contributed by atoms with Crippen molar-refractivity contribution in [2.24, 2.45) is 0 Å². The highest BCUT2D eigenvalue weighted by atomic mass is 35.5. The zero-order chi connectivity index (χ0) is 12.4. The number of nitrogens with zero attached hydrogens (tertiary/aromatic N) is 2. The van der Waals surface area contributed by atoms with Crippen molar-refractivity contribution >= 4 is 46.6 Å². The van der Waals surface area contributed by atoms with Crippen LogP contribution in [-0.2, 0) is 4.79 Å². The molecule has 0 aromatic heterocycles.